The Balaban J connectivity index is 1.94. The van der Waals surface area contributed by atoms with Crippen molar-refractivity contribution in [3.05, 3.63) is 69.4 Å². The molecule has 0 amide bonds. The van der Waals surface area contributed by atoms with Crippen LogP contribution in [0.5, 0.6) is 0 Å². The standard InChI is InChI=1S/C17H19BrFN/c1-12-5-2-3-6-13(12)9-10-15(20)11-14-7-4-8-16(19)17(14)18/h2-8,15H,9-11,20H2,1H3. The number of hydrogen-bond donors (Lipinski definition) is 1. The predicted octanol–water partition coefficient (Wildman–Crippen LogP) is 4.40. The molecule has 0 aromatic heterocycles. The van der Waals surface area contributed by atoms with Gasteiger partial charge >= 0.3 is 0 Å². The van der Waals surface area contributed by atoms with Gasteiger partial charge in [-0.15, -0.1) is 0 Å². The van der Waals surface area contributed by atoms with Gasteiger partial charge in [-0.25, -0.2) is 4.39 Å². The van der Waals surface area contributed by atoms with Crippen LogP contribution in [0.15, 0.2) is 46.9 Å². The molecule has 0 spiro atoms. The normalized spacial score (nSPS) is 12.4. The monoisotopic (exact) mass is 335 g/mol. The zero-order valence-electron chi connectivity index (χ0n) is 11.6. The highest BCUT2D eigenvalue weighted by molar-refractivity contribution is 9.10. The molecule has 2 aromatic carbocycles. The zero-order chi connectivity index (χ0) is 14.5. The van der Waals surface area contributed by atoms with E-state index in [1.54, 1.807) is 6.07 Å². The summed E-state index contributed by atoms with van der Waals surface area (Å²) in [5.74, 6) is -0.228. The number of nitrogens with two attached hydrogens (primary N) is 1. The minimum atomic E-state index is -0.228. The maximum absolute atomic E-state index is 13.4. The SMILES string of the molecule is Cc1ccccc1CCC(N)Cc1cccc(F)c1Br. The van der Waals surface area contributed by atoms with E-state index < -0.39 is 0 Å². The van der Waals surface area contributed by atoms with Crippen molar-refractivity contribution in [3.63, 3.8) is 0 Å². The average molecular weight is 336 g/mol. The van der Waals surface area contributed by atoms with Gasteiger partial charge in [-0.05, 0) is 64.9 Å². The molecule has 0 heterocycles. The van der Waals surface area contributed by atoms with Gasteiger partial charge in [0.25, 0.3) is 0 Å². The highest BCUT2D eigenvalue weighted by atomic mass is 79.9. The number of halogens is 2. The summed E-state index contributed by atoms with van der Waals surface area (Å²) in [6, 6.07) is 13.5. The Bertz CT molecular complexity index is 583. The topological polar surface area (TPSA) is 26.0 Å². The van der Waals surface area contributed by atoms with Crippen molar-refractivity contribution in [2.24, 2.45) is 5.73 Å². The maximum atomic E-state index is 13.4. The molecule has 2 aromatic rings. The molecule has 2 N–H and O–H groups in total. The van der Waals surface area contributed by atoms with E-state index in [9.17, 15) is 4.39 Å². The van der Waals surface area contributed by atoms with Gasteiger partial charge in [0.2, 0.25) is 0 Å². The molecule has 0 saturated heterocycles. The second-order valence-electron chi connectivity index (χ2n) is 5.14. The third-order valence-corrected chi connectivity index (χ3v) is 4.45. The first-order valence-electron chi connectivity index (χ1n) is 6.81. The molecular formula is C17H19BrFN. The van der Waals surface area contributed by atoms with Crippen molar-refractivity contribution in [1.82, 2.24) is 0 Å². The fourth-order valence-corrected chi connectivity index (χ4v) is 2.75. The van der Waals surface area contributed by atoms with E-state index in [4.69, 9.17) is 5.73 Å². The Hall–Kier alpha value is -1.19. The van der Waals surface area contributed by atoms with E-state index in [-0.39, 0.29) is 11.9 Å². The van der Waals surface area contributed by atoms with Crippen LogP contribution >= 0.6 is 15.9 Å². The molecule has 0 aliphatic heterocycles. The lowest BCUT2D eigenvalue weighted by Gasteiger charge is -2.14. The zero-order valence-corrected chi connectivity index (χ0v) is 13.2. The van der Waals surface area contributed by atoms with E-state index in [0.717, 1.165) is 18.4 Å². The highest BCUT2D eigenvalue weighted by Crippen LogP contribution is 2.22. The fraction of sp³-hybridized carbons (Fsp3) is 0.294. The second-order valence-corrected chi connectivity index (χ2v) is 5.94. The van der Waals surface area contributed by atoms with Crippen LogP contribution in [0.25, 0.3) is 0 Å². The lowest BCUT2D eigenvalue weighted by atomic mass is 9.97. The summed E-state index contributed by atoms with van der Waals surface area (Å²) in [6.45, 7) is 2.12. The van der Waals surface area contributed by atoms with Gasteiger partial charge in [-0.1, -0.05) is 36.4 Å². The minimum absolute atomic E-state index is 0.0349. The van der Waals surface area contributed by atoms with Crippen LogP contribution in [0.1, 0.15) is 23.1 Å². The van der Waals surface area contributed by atoms with Crippen LogP contribution < -0.4 is 5.73 Å². The van der Waals surface area contributed by atoms with Crippen molar-refractivity contribution >= 4 is 15.9 Å². The summed E-state index contributed by atoms with van der Waals surface area (Å²) in [5.41, 5.74) is 9.74. The Labute approximate surface area is 128 Å². The molecule has 106 valence electrons. The van der Waals surface area contributed by atoms with Gasteiger partial charge in [-0.2, -0.15) is 0 Å². The molecule has 1 nitrogen and oxygen atoms in total. The van der Waals surface area contributed by atoms with Crippen LogP contribution in [0.4, 0.5) is 4.39 Å². The van der Waals surface area contributed by atoms with Gasteiger partial charge in [0.15, 0.2) is 0 Å². The molecule has 0 aliphatic carbocycles. The number of rotatable bonds is 5. The average Bonchev–Trinajstić information content (AvgIpc) is 2.43. The van der Waals surface area contributed by atoms with Gasteiger partial charge in [-0.3, -0.25) is 0 Å². The predicted molar refractivity (Wildman–Crippen MR) is 85.3 cm³/mol. The summed E-state index contributed by atoms with van der Waals surface area (Å²) < 4.78 is 14.0. The molecule has 1 atom stereocenters. The summed E-state index contributed by atoms with van der Waals surface area (Å²) in [7, 11) is 0. The van der Waals surface area contributed by atoms with Crippen molar-refractivity contribution in [2.45, 2.75) is 32.2 Å². The Kier molecular flexibility index (Phi) is 5.32. The van der Waals surface area contributed by atoms with Gasteiger partial charge in [0.05, 0.1) is 4.47 Å². The van der Waals surface area contributed by atoms with Crippen LogP contribution in [0.2, 0.25) is 0 Å². The van der Waals surface area contributed by atoms with Gasteiger partial charge < -0.3 is 5.73 Å². The van der Waals surface area contributed by atoms with E-state index in [0.29, 0.717) is 10.9 Å². The first-order chi connectivity index (χ1) is 9.58. The van der Waals surface area contributed by atoms with E-state index in [2.05, 4.69) is 41.1 Å². The fourth-order valence-electron chi connectivity index (χ4n) is 2.32. The lowest BCUT2D eigenvalue weighted by molar-refractivity contribution is 0.593. The summed E-state index contributed by atoms with van der Waals surface area (Å²) in [5, 5.41) is 0. The first kappa shape index (κ1) is 15.2. The Morgan fingerprint density at radius 1 is 1.10 bits per heavy atom. The van der Waals surface area contributed by atoms with Crippen molar-refractivity contribution < 1.29 is 4.39 Å². The molecule has 0 radical (unpaired) electrons. The van der Waals surface area contributed by atoms with Gasteiger partial charge in [0.1, 0.15) is 5.82 Å². The van der Waals surface area contributed by atoms with Crippen LogP contribution in [-0.2, 0) is 12.8 Å². The number of aryl methyl sites for hydroxylation is 2. The van der Waals surface area contributed by atoms with Crippen LogP contribution in [-0.4, -0.2) is 6.04 Å². The smallest absolute Gasteiger partial charge is 0.137 e. The Morgan fingerprint density at radius 3 is 2.55 bits per heavy atom. The Morgan fingerprint density at radius 2 is 1.80 bits per heavy atom. The van der Waals surface area contributed by atoms with Crippen molar-refractivity contribution in [3.8, 4) is 0 Å². The van der Waals surface area contributed by atoms with E-state index in [1.807, 2.05) is 12.1 Å². The molecule has 3 heteroatoms. The van der Waals surface area contributed by atoms with Crippen molar-refractivity contribution in [1.29, 1.82) is 0 Å². The van der Waals surface area contributed by atoms with E-state index in [1.165, 1.54) is 17.2 Å². The third kappa shape index (κ3) is 3.90. The minimum Gasteiger partial charge on any atom is -0.327 e. The molecule has 2 rings (SSSR count). The first-order valence-corrected chi connectivity index (χ1v) is 7.60. The second kappa shape index (κ2) is 7.00. The highest BCUT2D eigenvalue weighted by Gasteiger charge is 2.10. The molecular weight excluding hydrogens is 317 g/mol. The molecule has 0 bridgehead atoms. The van der Waals surface area contributed by atoms with E-state index >= 15 is 0 Å². The summed E-state index contributed by atoms with van der Waals surface area (Å²) in [4.78, 5) is 0. The molecule has 0 fully saturated rings. The molecule has 1 unspecified atom stereocenters. The summed E-state index contributed by atoms with van der Waals surface area (Å²) in [6.07, 6.45) is 2.54. The quantitative estimate of drug-likeness (QED) is 0.860. The van der Waals surface area contributed by atoms with Crippen LogP contribution in [0.3, 0.4) is 0 Å². The van der Waals surface area contributed by atoms with Gasteiger partial charge in [0, 0.05) is 6.04 Å². The number of hydrogen-bond acceptors (Lipinski definition) is 1. The number of benzene rings is 2. The third-order valence-electron chi connectivity index (χ3n) is 3.56. The lowest BCUT2D eigenvalue weighted by Crippen LogP contribution is -2.24. The van der Waals surface area contributed by atoms with Crippen LogP contribution in [0, 0.1) is 12.7 Å². The molecule has 20 heavy (non-hydrogen) atoms. The molecule has 0 saturated carbocycles. The largest absolute Gasteiger partial charge is 0.327 e. The van der Waals surface area contributed by atoms with Crippen molar-refractivity contribution in [2.75, 3.05) is 0 Å². The molecule has 0 aliphatic rings. The summed E-state index contributed by atoms with van der Waals surface area (Å²) >= 11 is 3.29. The maximum Gasteiger partial charge on any atom is 0.137 e.